The fraction of sp³-hybridized carbons (Fsp3) is 0.100. The summed E-state index contributed by atoms with van der Waals surface area (Å²) in [4.78, 5) is 16.6. The topological polar surface area (TPSA) is 54.0 Å². The molecule has 25 heavy (non-hydrogen) atoms. The zero-order chi connectivity index (χ0) is 17.8. The molecule has 3 aromatic rings. The second-order valence-electron chi connectivity index (χ2n) is 5.84. The number of anilines is 3. The van der Waals surface area contributed by atoms with Crippen LogP contribution in [0.5, 0.6) is 0 Å². The average molecular weight is 396 g/mol. The molecule has 0 radical (unpaired) electrons. The first-order valence-electron chi connectivity index (χ1n) is 7.88. The predicted octanol–water partition coefficient (Wildman–Crippen LogP) is 5.46. The minimum Gasteiger partial charge on any atom is -0.340 e. The fourth-order valence-electron chi connectivity index (χ4n) is 2.35. The molecule has 0 aliphatic carbocycles. The lowest BCUT2D eigenvalue weighted by atomic mass is 10.1. The van der Waals surface area contributed by atoms with Gasteiger partial charge in [0.25, 0.3) is 5.91 Å². The Labute approximate surface area is 155 Å². The predicted molar refractivity (Wildman–Crippen MR) is 106 cm³/mol. The van der Waals surface area contributed by atoms with Crippen LogP contribution < -0.4 is 10.6 Å². The number of benzene rings is 2. The van der Waals surface area contributed by atoms with Crippen LogP contribution in [0.15, 0.2) is 65.3 Å². The number of aromatic nitrogens is 1. The van der Waals surface area contributed by atoms with Crippen molar-refractivity contribution in [3.8, 4) is 0 Å². The molecule has 0 aliphatic heterocycles. The van der Waals surface area contributed by atoms with Crippen LogP contribution in [0.1, 0.15) is 21.5 Å². The molecule has 5 heteroatoms. The highest BCUT2D eigenvalue weighted by Gasteiger charge is 2.06. The number of carbonyl (C=O) groups is 1. The van der Waals surface area contributed by atoms with Gasteiger partial charge in [-0.05, 0) is 55.8 Å². The molecule has 0 saturated carbocycles. The van der Waals surface area contributed by atoms with E-state index in [9.17, 15) is 4.79 Å². The molecule has 3 rings (SSSR count). The SMILES string of the molecule is Cc1cccc(C(=O)Nc2ccc(Nc3ccc(C)c(Br)c3)nc2)c1. The van der Waals surface area contributed by atoms with Crippen molar-refractivity contribution in [1.82, 2.24) is 4.98 Å². The number of nitrogens with one attached hydrogen (secondary N) is 2. The largest absolute Gasteiger partial charge is 0.340 e. The van der Waals surface area contributed by atoms with E-state index >= 15 is 0 Å². The van der Waals surface area contributed by atoms with E-state index in [1.165, 1.54) is 5.56 Å². The maximum atomic E-state index is 12.3. The monoisotopic (exact) mass is 395 g/mol. The van der Waals surface area contributed by atoms with Gasteiger partial charge >= 0.3 is 0 Å². The molecule has 1 aromatic heterocycles. The van der Waals surface area contributed by atoms with E-state index < -0.39 is 0 Å². The van der Waals surface area contributed by atoms with Crippen molar-refractivity contribution < 1.29 is 4.79 Å². The molecule has 0 fully saturated rings. The molecule has 0 aliphatic rings. The van der Waals surface area contributed by atoms with E-state index in [1.807, 2.05) is 62.4 Å². The highest BCUT2D eigenvalue weighted by Crippen LogP contribution is 2.23. The Kier molecular flexibility index (Phi) is 5.14. The number of hydrogen-bond acceptors (Lipinski definition) is 3. The summed E-state index contributed by atoms with van der Waals surface area (Å²) >= 11 is 3.52. The molecule has 0 atom stereocenters. The lowest BCUT2D eigenvalue weighted by Crippen LogP contribution is -2.12. The third-order valence-corrected chi connectivity index (χ3v) is 4.60. The Morgan fingerprint density at radius 1 is 1.00 bits per heavy atom. The number of rotatable bonds is 4. The third kappa shape index (κ3) is 4.45. The van der Waals surface area contributed by atoms with E-state index in [4.69, 9.17) is 0 Å². The van der Waals surface area contributed by atoms with Crippen LogP contribution in [-0.2, 0) is 0 Å². The molecule has 1 amide bonds. The summed E-state index contributed by atoms with van der Waals surface area (Å²) in [5.41, 5.74) is 4.46. The van der Waals surface area contributed by atoms with Crippen molar-refractivity contribution in [3.05, 3.63) is 82.0 Å². The molecule has 4 nitrogen and oxygen atoms in total. The summed E-state index contributed by atoms with van der Waals surface area (Å²) in [7, 11) is 0. The summed E-state index contributed by atoms with van der Waals surface area (Å²) in [6, 6.07) is 17.2. The summed E-state index contributed by atoms with van der Waals surface area (Å²) in [6.07, 6.45) is 1.64. The molecule has 0 spiro atoms. The van der Waals surface area contributed by atoms with Gasteiger partial charge in [-0.2, -0.15) is 0 Å². The van der Waals surface area contributed by atoms with Crippen LogP contribution >= 0.6 is 15.9 Å². The molecule has 1 heterocycles. The van der Waals surface area contributed by atoms with Crippen molar-refractivity contribution in [1.29, 1.82) is 0 Å². The number of pyridine rings is 1. The molecule has 0 saturated heterocycles. The van der Waals surface area contributed by atoms with Crippen molar-refractivity contribution in [2.24, 2.45) is 0 Å². The van der Waals surface area contributed by atoms with Gasteiger partial charge in [0.05, 0.1) is 11.9 Å². The van der Waals surface area contributed by atoms with Crippen LogP contribution in [0.4, 0.5) is 17.2 Å². The van der Waals surface area contributed by atoms with E-state index in [1.54, 1.807) is 12.3 Å². The highest BCUT2D eigenvalue weighted by atomic mass is 79.9. The molecule has 2 aromatic carbocycles. The summed E-state index contributed by atoms with van der Waals surface area (Å²) < 4.78 is 1.04. The van der Waals surface area contributed by atoms with Crippen molar-refractivity contribution in [2.75, 3.05) is 10.6 Å². The third-order valence-electron chi connectivity index (χ3n) is 3.75. The molecule has 2 N–H and O–H groups in total. The second kappa shape index (κ2) is 7.49. The first kappa shape index (κ1) is 17.2. The quantitative estimate of drug-likeness (QED) is 0.616. The maximum Gasteiger partial charge on any atom is 0.255 e. The average Bonchev–Trinajstić information content (AvgIpc) is 2.60. The molecule has 0 bridgehead atoms. The van der Waals surface area contributed by atoms with Gasteiger partial charge in [0.1, 0.15) is 5.82 Å². The normalized spacial score (nSPS) is 10.4. The van der Waals surface area contributed by atoms with Gasteiger partial charge in [0.2, 0.25) is 0 Å². The zero-order valence-electron chi connectivity index (χ0n) is 14.0. The Balaban J connectivity index is 1.67. The Bertz CT molecular complexity index is 907. The van der Waals surface area contributed by atoms with Gasteiger partial charge in [-0.25, -0.2) is 4.98 Å². The van der Waals surface area contributed by atoms with Crippen LogP contribution in [-0.4, -0.2) is 10.9 Å². The number of nitrogens with zero attached hydrogens (tertiary/aromatic N) is 1. The van der Waals surface area contributed by atoms with E-state index in [0.29, 0.717) is 17.1 Å². The standard InChI is InChI=1S/C20H18BrN3O/c1-13-4-3-5-15(10-13)20(25)24-17-8-9-19(22-12-17)23-16-7-6-14(2)18(21)11-16/h3-12H,1-2H3,(H,22,23)(H,24,25). The van der Waals surface area contributed by atoms with Gasteiger partial charge in [0.15, 0.2) is 0 Å². The Morgan fingerprint density at radius 3 is 2.48 bits per heavy atom. The lowest BCUT2D eigenvalue weighted by molar-refractivity contribution is 0.102. The minimum absolute atomic E-state index is 0.145. The fourth-order valence-corrected chi connectivity index (χ4v) is 2.73. The van der Waals surface area contributed by atoms with Gasteiger partial charge in [-0.1, -0.05) is 39.7 Å². The molecule has 0 unspecified atom stereocenters. The van der Waals surface area contributed by atoms with Crippen LogP contribution in [0.2, 0.25) is 0 Å². The summed E-state index contributed by atoms with van der Waals surface area (Å²) in [6.45, 7) is 4.00. The molecular weight excluding hydrogens is 378 g/mol. The first-order chi connectivity index (χ1) is 12.0. The number of aryl methyl sites for hydroxylation is 2. The number of halogens is 1. The number of carbonyl (C=O) groups excluding carboxylic acids is 1. The molecule has 126 valence electrons. The smallest absolute Gasteiger partial charge is 0.255 e. The van der Waals surface area contributed by atoms with Crippen LogP contribution in [0.25, 0.3) is 0 Å². The Hall–Kier alpha value is -2.66. The summed E-state index contributed by atoms with van der Waals surface area (Å²) in [5, 5.41) is 6.09. The second-order valence-corrected chi connectivity index (χ2v) is 6.70. The van der Waals surface area contributed by atoms with Crippen molar-refractivity contribution >= 4 is 39.0 Å². The van der Waals surface area contributed by atoms with Gasteiger partial charge in [0, 0.05) is 15.7 Å². The highest BCUT2D eigenvalue weighted by molar-refractivity contribution is 9.10. The Morgan fingerprint density at radius 2 is 1.80 bits per heavy atom. The lowest BCUT2D eigenvalue weighted by Gasteiger charge is -2.09. The van der Waals surface area contributed by atoms with E-state index in [-0.39, 0.29) is 5.91 Å². The van der Waals surface area contributed by atoms with E-state index in [0.717, 1.165) is 15.7 Å². The van der Waals surface area contributed by atoms with Gasteiger partial charge in [-0.15, -0.1) is 0 Å². The van der Waals surface area contributed by atoms with Crippen LogP contribution in [0.3, 0.4) is 0 Å². The molecular formula is C20H18BrN3O. The number of amides is 1. The van der Waals surface area contributed by atoms with Gasteiger partial charge in [-0.3, -0.25) is 4.79 Å². The van der Waals surface area contributed by atoms with E-state index in [2.05, 4.69) is 31.5 Å². The van der Waals surface area contributed by atoms with Gasteiger partial charge < -0.3 is 10.6 Å². The van der Waals surface area contributed by atoms with Crippen LogP contribution in [0, 0.1) is 13.8 Å². The zero-order valence-corrected chi connectivity index (χ0v) is 15.6. The van der Waals surface area contributed by atoms with Crippen molar-refractivity contribution in [3.63, 3.8) is 0 Å². The minimum atomic E-state index is -0.145. The van der Waals surface area contributed by atoms with Crippen molar-refractivity contribution in [2.45, 2.75) is 13.8 Å². The first-order valence-corrected chi connectivity index (χ1v) is 8.68. The number of hydrogen-bond donors (Lipinski definition) is 2. The summed E-state index contributed by atoms with van der Waals surface area (Å²) in [5.74, 6) is 0.568. The maximum absolute atomic E-state index is 12.3.